The summed E-state index contributed by atoms with van der Waals surface area (Å²) >= 11 is 6.07. The molecule has 0 atom stereocenters. The lowest BCUT2D eigenvalue weighted by Crippen LogP contribution is -2.14. The number of ether oxygens (including phenoxy) is 1. The van der Waals surface area contributed by atoms with E-state index in [9.17, 15) is 5.11 Å². The van der Waals surface area contributed by atoms with Crippen molar-refractivity contribution < 1.29 is 9.84 Å². The Balaban J connectivity index is 2.23. The Morgan fingerprint density at radius 1 is 1.10 bits per heavy atom. The van der Waals surface area contributed by atoms with Gasteiger partial charge in [0.25, 0.3) is 0 Å². The summed E-state index contributed by atoms with van der Waals surface area (Å²) in [6, 6.07) is 13.1. The third-order valence-electron chi connectivity index (χ3n) is 3.13. The fourth-order valence-electron chi connectivity index (χ4n) is 2.02. The summed E-state index contributed by atoms with van der Waals surface area (Å²) in [7, 11) is 0. The van der Waals surface area contributed by atoms with Gasteiger partial charge in [0.05, 0.1) is 6.61 Å². The van der Waals surface area contributed by atoms with Gasteiger partial charge in [-0.1, -0.05) is 42.8 Å². The molecule has 0 saturated carbocycles. The Morgan fingerprint density at radius 2 is 1.90 bits per heavy atom. The van der Waals surface area contributed by atoms with E-state index in [0.717, 1.165) is 30.6 Å². The molecule has 2 rings (SSSR count). The zero-order valence-electron chi connectivity index (χ0n) is 12.1. The zero-order valence-corrected chi connectivity index (χ0v) is 12.9. The summed E-state index contributed by atoms with van der Waals surface area (Å²) in [5.41, 5.74) is 1.80. The predicted octanol–water partition coefficient (Wildman–Crippen LogP) is 4.12. The topological polar surface area (TPSA) is 41.5 Å². The highest BCUT2D eigenvalue weighted by Crippen LogP contribution is 2.30. The van der Waals surface area contributed by atoms with Crippen molar-refractivity contribution in [2.75, 3.05) is 6.54 Å². The van der Waals surface area contributed by atoms with Crippen LogP contribution in [-0.4, -0.2) is 11.7 Å². The minimum atomic E-state index is -0.0554. The first-order valence-electron chi connectivity index (χ1n) is 7.10. The van der Waals surface area contributed by atoms with Gasteiger partial charge >= 0.3 is 0 Å². The first-order valence-corrected chi connectivity index (χ1v) is 7.48. The summed E-state index contributed by atoms with van der Waals surface area (Å²) in [6.07, 6.45) is 1.08. The van der Waals surface area contributed by atoms with Crippen molar-refractivity contribution in [3.63, 3.8) is 0 Å². The Hall–Kier alpha value is -1.55. The smallest absolute Gasteiger partial charge is 0.133 e. The average Bonchev–Trinajstić information content (AvgIpc) is 2.50. The number of aliphatic hydroxyl groups excluding tert-OH is 1. The van der Waals surface area contributed by atoms with Crippen molar-refractivity contribution in [3.05, 3.63) is 58.6 Å². The van der Waals surface area contributed by atoms with Gasteiger partial charge < -0.3 is 15.2 Å². The van der Waals surface area contributed by atoms with Crippen LogP contribution in [0.15, 0.2) is 42.5 Å². The van der Waals surface area contributed by atoms with Crippen molar-refractivity contribution in [1.82, 2.24) is 5.32 Å². The molecule has 0 unspecified atom stereocenters. The lowest BCUT2D eigenvalue weighted by atomic mass is 10.2. The van der Waals surface area contributed by atoms with E-state index in [0.29, 0.717) is 16.5 Å². The number of halogens is 1. The Bertz CT molecular complexity index is 587. The Morgan fingerprint density at radius 3 is 2.67 bits per heavy atom. The van der Waals surface area contributed by atoms with Gasteiger partial charge in [-0.15, -0.1) is 0 Å². The van der Waals surface area contributed by atoms with Gasteiger partial charge in [-0.25, -0.2) is 0 Å². The number of hydrogen-bond donors (Lipinski definition) is 2. The maximum Gasteiger partial charge on any atom is 0.133 e. The molecule has 0 radical (unpaired) electrons. The monoisotopic (exact) mass is 305 g/mol. The van der Waals surface area contributed by atoms with Gasteiger partial charge in [-0.3, -0.25) is 0 Å². The first-order chi connectivity index (χ1) is 10.2. The molecule has 0 spiro atoms. The van der Waals surface area contributed by atoms with Crippen LogP contribution in [0.4, 0.5) is 0 Å². The van der Waals surface area contributed by atoms with E-state index in [1.54, 1.807) is 6.07 Å². The molecule has 2 aromatic rings. The van der Waals surface area contributed by atoms with Crippen LogP contribution in [-0.2, 0) is 13.2 Å². The van der Waals surface area contributed by atoms with Crippen LogP contribution < -0.4 is 10.1 Å². The van der Waals surface area contributed by atoms with Crippen molar-refractivity contribution in [1.29, 1.82) is 0 Å². The third kappa shape index (κ3) is 4.46. The molecule has 0 saturated heterocycles. The second kappa shape index (κ2) is 8.03. The number of para-hydroxylation sites is 1. The van der Waals surface area contributed by atoms with Crippen LogP contribution in [0.2, 0.25) is 5.02 Å². The second-order valence-corrected chi connectivity index (χ2v) is 5.23. The van der Waals surface area contributed by atoms with Crippen LogP contribution in [0.3, 0.4) is 0 Å². The average molecular weight is 306 g/mol. The second-order valence-electron chi connectivity index (χ2n) is 4.80. The number of rotatable bonds is 7. The normalized spacial score (nSPS) is 10.6. The third-order valence-corrected chi connectivity index (χ3v) is 3.37. The minimum Gasteiger partial charge on any atom is -0.457 e. The van der Waals surface area contributed by atoms with Gasteiger partial charge in [0, 0.05) is 22.7 Å². The molecule has 2 aromatic carbocycles. The van der Waals surface area contributed by atoms with E-state index >= 15 is 0 Å². The van der Waals surface area contributed by atoms with Crippen LogP contribution in [0.1, 0.15) is 24.5 Å². The fraction of sp³-hybridized carbons (Fsp3) is 0.294. The van der Waals surface area contributed by atoms with Crippen molar-refractivity contribution in [2.45, 2.75) is 26.5 Å². The van der Waals surface area contributed by atoms with E-state index in [2.05, 4.69) is 12.2 Å². The fourth-order valence-corrected chi connectivity index (χ4v) is 2.18. The largest absolute Gasteiger partial charge is 0.457 e. The first kappa shape index (κ1) is 15.8. The lowest BCUT2D eigenvalue weighted by molar-refractivity contribution is 0.276. The standard InChI is InChI=1S/C17H20ClNO2/c1-2-9-19-11-13-7-8-15(18)10-17(13)21-16-6-4-3-5-14(16)12-20/h3-8,10,19-20H,2,9,11-12H2,1H3. The van der Waals surface area contributed by atoms with Gasteiger partial charge in [-0.2, -0.15) is 0 Å². The summed E-state index contributed by atoms with van der Waals surface area (Å²) < 4.78 is 5.96. The lowest BCUT2D eigenvalue weighted by Gasteiger charge is -2.14. The molecular weight excluding hydrogens is 286 g/mol. The van der Waals surface area contributed by atoms with Crippen LogP contribution in [0, 0.1) is 0 Å². The van der Waals surface area contributed by atoms with Gasteiger partial charge in [0.2, 0.25) is 0 Å². The highest BCUT2D eigenvalue weighted by molar-refractivity contribution is 6.30. The molecule has 0 bridgehead atoms. The molecule has 4 heteroatoms. The molecule has 112 valence electrons. The Labute approximate surface area is 130 Å². The predicted molar refractivity (Wildman–Crippen MR) is 85.9 cm³/mol. The summed E-state index contributed by atoms with van der Waals surface area (Å²) in [4.78, 5) is 0. The van der Waals surface area contributed by atoms with Crippen molar-refractivity contribution >= 4 is 11.6 Å². The number of benzene rings is 2. The van der Waals surface area contributed by atoms with Crippen molar-refractivity contribution in [2.24, 2.45) is 0 Å². The summed E-state index contributed by atoms with van der Waals surface area (Å²) in [6.45, 7) is 3.75. The molecule has 0 aromatic heterocycles. The van der Waals surface area contributed by atoms with Crippen LogP contribution >= 0.6 is 11.6 Å². The zero-order chi connectivity index (χ0) is 15.1. The van der Waals surface area contributed by atoms with E-state index in [4.69, 9.17) is 16.3 Å². The number of hydrogen-bond acceptors (Lipinski definition) is 3. The SMILES string of the molecule is CCCNCc1ccc(Cl)cc1Oc1ccccc1CO. The molecule has 21 heavy (non-hydrogen) atoms. The molecule has 0 fully saturated rings. The van der Waals surface area contributed by atoms with E-state index in [1.165, 1.54) is 0 Å². The quantitative estimate of drug-likeness (QED) is 0.756. The summed E-state index contributed by atoms with van der Waals surface area (Å²) in [5, 5.41) is 13.4. The molecule has 0 aliphatic rings. The van der Waals surface area contributed by atoms with Crippen molar-refractivity contribution in [3.8, 4) is 11.5 Å². The highest BCUT2D eigenvalue weighted by atomic mass is 35.5. The van der Waals surface area contributed by atoms with Gasteiger partial charge in [0.15, 0.2) is 0 Å². The molecule has 0 amide bonds. The number of nitrogens with one attached hydrogen (secondary N) is 1. The number of aliphatic hydroxyl groups is 1. The molecule has 0 heterocycles. The van der Waals surface area contributed by atoms with Crippen LogP contribution in [0.25, 0.3) is 0 Å². The van der Waals surface area contributed by atoms with E-state index in [1.807, 2.05) is 36.4 Å². The van der Waals surface area contributed by atoms with Gasteiger partial charge in [0.1, 0.15) is 11.5 Å². The molecular formula is C17H20ClNO2. The van der Waals surface area contributed by atoms with Gasteiger partial charge in [-0.05, 0) is 31.2 Å². The Kier molecular flexibility index (Phi) is 6.05. The maximum atomic E-state index is 9.38. The van der Waals surface area contributed by atoms with E-state index < -0.39 is 0 Å². The molecule has 0 aliphatic heterocycles. The highest BCUT2D eigenvalue weighted by Gasteiger charge is 2.08. The molecule has 2 N–H and O–H groups in total. The molecule has 3 nitrogen and oxygen atoms in total. The summed E-state index contributed by atoms with van der Waals surface area (Å²) in [5.74, 6) is 1.37. The maximum absolute atomic E-state index is 9.38. The van der Waals surface area contributed by atoms with E-state index in [-0.39, 0.29) is 6.61 Å². The van der Waals surface area contributed by atoms with Crippen LogP contribution in [0.5, 0.6) is 11.5 Å². The molecule has 0 aliphatic carbocycles. The minimum absolute atomic E-state index is 0.0554.